The number of nitrogens with two attached hydrogens (primary N) is 1. The molecule has 2 aliphatic rings. The number of fused-ring (bicyclic) bond motifs is 1. The maximum atomic E-state index is 12.6. The van der Waals surface area contributed by atoms with Gasteiger partial charge < -0.3 is 26.1 Å². The lowest BCUT2D eigenvalue weighted by Crippen LogP contribution is -2.64. The standard InChI is InChI=1S/C16H17N5O7S2/c1-6(22)28-3-7-4-29-14-8(13(24)21(14)11(7)15(25)26)2-18-12(23)10(20-27)9-5-30-16(17)19-9/h5,8,14,27H,2-4H2,1H3,(H2,17,19)(H,18,23)(H,25,26)/b20-10-/t8-,14?/m1/s1. The first-order chi connectivity index (χ1) is 14.2. The number of carbonyl (C=O) groups excluding carboxylic acids is 3. The number of rotatable bonds is 7. The van der Waals surface area contributed by atoms with Gasteiger partial charge in [-0.1, -0.05) is 5.16 Å². The largest absolute Gasteiger partial charge is 0.477 e. The summed E-state index contributed by atoms with van der Waals surface area (Å²) in [5.74, 6) is -3.49. The molecule has 3 rings (SSSR count). The molecule has 0 spiro atoms. The highest BCUT2D eigenvalue weighted by Crippen LogP contribution is 2.43. The average Bonchev–Trinajstić information content (AvgIpc) is 3.11. The van der Waals surface area contributed by atoms with Crippen LogP contribution in [0.1, 0.15) is 12.6 Å². The number of esters is 1. The van der Waals surface area contributed by atoms with E-state index in [1.165, 1.54) is 24.1 Å². The van der Waals surface area contributed by atoms with E-state index in [1.807, 2.05) is 0 Å². The zero-order chi connectivity index (χ0) is 22.0. The lowest BCUT2D eigenvalue weighted by molar-refractivity contribution is -0.152. The Hall–Kier alpha value is -3.13. The van der Waals surface area contributed by atoms with Crippen LogP contribution in [0.25, 0.3) is 0 Å². The van der Waals surface area contributed by atoms with Crippen LogP contribution in [0.5, 0.6) is 0 Å². The highest BCUT2D eigenvalue weighted by Gasteiger charge is 2.53. The van der Waals surface area contributed by atoms with Crippen molar-refractivity contribution in [2.24, 2.45) is 11.1 Å². The smallest absolute Gasteiger partial charge is 0.352 e. The lowest BCUT2D eigenvalue weighted by atomic mass is 9.95. The normalized spacial score (nSPS) is 21.0. The highest BCUT2D eigenvalue weighted by molar-refractivity contribution is 8.00. The second kappa shape index (κ2) is 8.71. The molecule has 1 saturated heterocycles. The van der Waals surface area contributed by atoms with Gasteiger partial charge in [0, 0.05) is 30.2 Å². The Labute approximate surface area is 177 Å². The molecule has 3 heterocycles. The topological polar surface area (TPSA) is 185 Å². The van der Waals surface area contributed by atoms with Crippen LogP contribution in [-0.2, 0) is 23.9 Å². The van der Waals surface area contributed by atoms with E-state index < -0.39 is 35.0 Å². The fourth-order valence-corrected chi connectivity index (χ4v) is 4.96. The molecule has 0 saturated carbocycles. The van der Waals surface area contributed by atoms with Crippen molar-refractivity contribution in [3.8, 4) is 0 Å². The molecule has 0 radical (unpaired) electrons. The van der Waals surface area contributed by atoms with Crippen molar-refractivity contribution in [2.75, 3.05) is 24.6 Å². The summed E-state index contributed by atoms with van der Waals surface area (Å²) in [6, 6.07) is 0. The minimum absolute atomic E-state index is 0.0867. The van der Waals surface area contributed by atoms with Crippen LogP contribution in [0, 0.1) is 5.92 Å². The lowest BCUT2D eigenvalue weighted by Gasteiger charge is -2.49. The van der Waals surface area contributed by atoms with Crippen molar-refractivity contribution in [3.05, 3.63) is 22.3 Å². The molecular formula is C16H17N5O7S2. The molecule has 2 atom stereocenters. The van der Waals surface area contributed by atoms with E-state index in [2.05, 4.69) is 15.5 Å². The van der Waals surface area contributed by atoms with Crippen molar-refractivity contribution >= 4 is 57.7 Å². The maximum Gasteiger partial charge on any atom is 0.352 e. The second-order valence-corrected chi connectivity index (χ2v) is 8.28. The summed E-state index contributed by atoms with van der Waals surface area (Å²) < 4.78 is 4.87. The summed E-state index contributed by atoms with van der Waals surface area (Å²) in [6.07, 6.45) is 0. The van der Waals surface area contributed by atoms with E-state index in [9.17, 15) is 24.3 Å². The number of hydrogen-bond donors (Lipinski definition) is 4. The van der Waals surface area contributed by atoms with E-state index in [-0.39, 0.29) is 41.1 Å². The van der Waals surface area contributed by atoms with Crippen LogP contribution in [0.2, 0.25) is 0 Å². The van der Waals surface area contributed by atoms with Gasteiger partial charge in [-0.15, -0.1) is 23.1 Å². The number of nitrogens with zero attached hydrogens (tertiary/aromatic N) is 3. The number of thioether (sulfide) groups is 1. The molecule has 0 bridgehead atoms. The molecule has 14 heteroatoms. The number of anilines is 1. The molecule has 1 aromatic heterocycles. The second-order valence-electron chi connectivity index (χ2n) is 6.28. The van der Waals surface area contributed by atoms with Gasteiger partial charge in [0.25, 0.3) is 5.91 Å². The van der Waals surface area contributed by atoms with E-state index >= 15 is 0 Å². The number of hydrogen-bond acceptors (Lipinski definition) is 11. The molecule has 30 heavy (non-hydrogen) atoms. The first-order valence-electron chi connectivity index (χ1n) is 8.49. The molecule has 1 fully saturated rings. The number of nitrogens with one attached hydrogen (secondary N) is 1. The number of amides is 2. The number of carboxylic acids is 1. The van der Waals surface area contributed by atoms with Gasteiger partial charge in [0.15, 0.2) is 10.8 Å². The molecule has 0 aliphatic carbocycles. The fourth-order valence-electron chi connectivity index (χ4n) is 3.01. The molecule has 1 unspecified atom stereocenters. The summed E-state index contributed by atoms with van der Waals surface area (Å²) in [6.45, 7) is 0.906. The van der Waals surface area contributed by atoms with Gasteiger partial charge in [-0.3, -0.25) is 19.3 Å². The molecule has 5 N–H and O–H groups in total. The van der Waals surface area contributed by atoms with Crippen molar-refractivity contribution < 1.29 is 34.2 Å². The average molecular weight is 455 g/mol. The molecule has 2 aliphatic heterocycles. The van der Waals surface area contributed by atoms with Crippen molar-refractivity contribution in [1.82, 2.24) is 15.2 Å². The Bertz CT molecular complexity index is 973. The number of ether oxygens (including phenoxy) is 1. The summed E-state index contributed by atoms with van der Waals surface area (Å²) in [5, 5.41) is 25.2. The maximum absolute atomic E-state index is 12.6. The monoisotopic (exact) mass is 455 g/mol. The third-order valence-electron chi connectivity index (χ3n) is 4.37. The van der Waals surface area contributed by atoms with E-state index in [0.29, 0.717) is 5.57 Å². The van der Waals surface area contributed by atoms with E-state index in [1.54, 1.807) is 0 Å². The Morgan fingerprint density at radius 1 is 1.47 bits per heavy atom. The quantitative estimate of drug-likeness (QED) is 0.137. The predicted molar refractivity (Wildman–Crippen MR) is 106 cm³/mol. The molecule has 1 aromatic rings. The minimum atomic E-state index is -1.30. The molecule has 160 valence electrons. The Morgan fingerprint density at radius 3 is 2.77 bits per heavy atom. The summed E-state index contributed by atoms with van der Waals surface area (Å²) in [7, 11) is 0. The summed E-state index contributed by atoms with van der Waals surface area (Å²) in [5.41, 5.74) is 5.37. The van der Waals surface area contributed by atoms with Gasteiger partial charge in [0.05, 0.1) is 11.3 Å². The van der Waals surface area contributed by atoms with Crippen molar-refractivity contribution in [1.29, 1.82) is 0 Å². The fraction of sp³-hybridized carbons (Fsp3) is 0.375. The Kier molecular flexibility index (Phi) is 6.26. The molecule has 12 nitrogen and oxygen atoms in total. The molecule has 2 amide bonds. The van der Waals surface area contributed by atoms with Gasteiger partial charge in [0.2, 0.25) is 5.91 Å². The van der Waals surface area contributed by atoms with Gasteiger partial charge in [-0.25, -0.2) is 9.78 Å². The van der Waals surface area contributed by atoms with E-state index in [0.717, 1.165) is 16.2 Å². The Balaban J connectivity index is 1.67. The summed E-state index contributed by atoms with van der Waals surface area (Å²) >= 11 is 2.37. The number of thiazole rings is 1. The highest BCUT2D eigenvalue weighted by atomic mass is 32.2. The third-order valence-corrected chi connectivity index (χ3v) is 6.44. The molecule has 0 aromatic carbocycles. The van der Waals surface area contributed by atoms with Gasteiger partial charge >= 0.3 is 11.9 Å². The van der Waals surface area contributed by atoms with Crippen LogP contribution >= 0.6 is 23.1 Å². The summed E-state index contributed by atoms with van der Waals surface area (Å²) in [4.78, 5) is 52.6. The minimum Gasteiger partial charge on any atom is -0.477 e. The number of carboxylic acid groups (broad SMARTS) is 1. The van der Waals surface area contributed by atoms with Crippen molar-refractivity contribution in [2.45, 2.75) is 12.3 Å². The van der Waals surface area contributed by atoms with Gasteiger partial charge in [-0.05, 0) is 0 Å². The first-order valence-corrected chi connectivity index (χ1v) is 10.4. The number of oxime groups is 1. The van der Waals surface area contributed by atoms with Crippen LogP contribution in [0.15, 0.2) is 21.8 Å². The van der Waals surface area contributed by atoms with Crippen LogP contribution in [0.3, 0.4) is 0 Å². The predicted octanol–water partition coefficient (Wildman–Crippen LogP) is -0.547. The van der Waals surface area contributed by atoms with Crippen LogP contribution in [-0.4, -0.2) is 73.9 Å². The zero-order valence-corrected chi connectivity index (χ0v) is 17.2. The zero-order valence-electron chi connectivity index (χ0n) is 15.5. The Morgan fingerprint density at radius 2 is 2.20 bits per heavy atom. The number of nitrogen functional groups attached to an aromatic ring is 1. The van der Waals surface area contributed by atoms with Crippen molar-refractivity contribution in [3.63, 3.8) is 0 Å². The van der Waals surface area contributed by atoms with Crippen LogP contribution in [0.4, 0.5) is 5.13 Å². The SMILES string of the molecule is CC(=O)OCC1=C(C(=O)O)N2C(=O)[C@@H](CNC(=O)/C(=N\O)c3csc(N)n3)C2SC1. The van der Waals surface area contributed by atoms with Gasteiger partial charge in [-0.2, -0.15) is 0 Å². The van der Waals surface area contributed by atoms with Crippen LogP contribution < -0.4 is 11.1 Å². The number of carbonyl (C=O) groups is 4. The first kappa shape index (κ1) is 21.6. The number of aliphatic carboxylic acids is 1. The molecular weight excluding hydrogens is 438 g/mol. The van der Waals surface area contributed by atoms with Gasteiger partial charge in [0.1, 0.15) is 18.0 Å². The number of β-lactam (4-membered cyclic amide) rings is 1. The van der Waals surface area contributed by atoms with E-state index in [4.69, 9.17) is 15.7 Å². The number of aromatic nitrogens is 1. The third kappa shape index (κ3) is 4.09.